The van der Waals surface area contributed by atoms with Crippen molar-refractivity contribution in [2.45, 2.75) is 43.6 Å². The second-order valence-electron chi connectivity index (χ2n) is 6.24. The molecule has 118 valence electrons. The number of rotatable bonds is 3. The molecule has 2 rings (SSSR count). The Kier molecular flexibility index (Phi) is 5.37. The molecule has 1 saturated heterocycles. The highest BCUT2D eigenvalue weighted by atomic mass is 32.2. The zero-order valence-corrected chi connectivity index (χ0v) is 14.3. The number of thiazole rings is 1. The highest BCUT2D eigenvalue weighted by molar-refractivity contribution is 7.87. The van der Waals surface area contributed by atoms with E-state index in [2.05, 4.69) is 4.98 Å². The summed E-state index contributed by atoms with van der Waals surface area (Å²) in [5, 5.41) is 1.83. The third-order valence-corrected chi connectivity index (χ3v) is 5.84. The normalized spacial score (nSPS) is 21.1. The number of carbonyl (C=O) groups excluding carboxylic acids is 1. The van der Waals surface area contributed by atoms with Crippen LogP contribution in [0.2, 0.25) is 0 Å². The number of likely N-dealkylation sites (tertiary alicyclic amines) is 1. The van der Waals surface area contributed by atoms with Crippen molar-refractivity contribution in [1.29, 1.82) is 0 Å². The zero-order valence-electron chi connectivity index (χ0n) is 12.7. The molecule has 1 fully saturated rings. The van der Waals surface area contributed by atoms with E-state index in [1.54, 1.807) is 11.1 Å². The van der Waals surface area contributed by atoms with E-state index < -0.39 is 16.4 Å². The lowest BCUT2D eigenvalue weighted by atomic mass is 10.0. The fourth-order valence-corrected chi connectivity index (χ4v) is 4.48. The lowest BCUT2D eigenvalue weighted by molar-refractivity contribution is 0.0176. The molecular weight excluding hydrogens is 308 g/mol. The van der Waals surface area contributed by atoms with Gasteiger partial charge in [0.1, 0.15) is 5.60 Å². The summed E-state index contributed by atoms with van der Waals surface area (Å²) in [6, 6.07) is 0. The molecule has 1 aliphatic heterocycles. The van der Waals surface area contributed by atoms with Crippen LogP contribution >= 0.6 is 11.3 Å². The van der Waals surface area contributed by atoms with Crippen LogP contribution in [0.25, 0.3) is 0 Å². The summed E-state index contributed by atoms with van der Waals surface area (Å²) in [7, 11) is -1.07. The van der Waals surface area contributed by atoms with Crippen LogP contribution in [0.3, 0.4) is 0 Å². The Bertz CT molecular complexity index is 497. The van der Waals surface area contributed by atoms with Gasteiger partial charge in [-0.1, -0.05) is 0 Å². The van der Waals surface area contributed by atoms with E-state index >= 15 is 0 Å². The molecule has 0 N–H and O–H groups in total. The summed E-state index contributed by atoms with van der Waals surface area (Å²) in [6.45, 7) is 6.93. The summed E-state index contributed by atoms with van der Waals surface area (Å²) in [6.07, 6.45) is 3.33. The van der Waals surface area contributed by atoms with E-state index in [1.807, 2.05) is 26.2 Å². The van der Waals surface area contributed by atoms with Gasteiger partial charge in [0.05, 0.1) is 10.8 Å². The maximum absolute atomic E-state index is 12.2. The van der Waals surface area contributed by atoms with Gasteiger partial charge in [-0.2, -0.15) is 0 Å². The number of nitrogens with zero attached hydrogens (tertiary/aromatic N) is 2. The van der Waals surface area contributed by atoms with Crippen molar-refractivity contribution < 1.29 is 13.7 Å². The first-order chi connectivity index (χ1) is 9.85. The number of hydrogen-bond acceptors (Lipinski definition) is 5. The van der Waals surface area contributed by atoms with Crippen LogP contribution in [0.1, 0.15) is 33.6 Å². The molecule has 0 radical (unpaired) electrons. The van der Waals surface area contributed by atoms with Gasteiger partial charge in [-0.3, -0.25) is 4.21 Å². The molecular formula is C14H22N2O3S2. The van der Waals surface area contributed by atoms with Crippen LogP contribution in [0.4, 0.5) is 4.79 Å². The molecule has 0 saturated carbocycles. The summed E-state index contributed by atoms with van der Waals surface area (Å²) < 4.78 is 18.3. The average molecular weight is 330 g/mol. The molecule has 1 amide bonds. The summed E-state index contributed by atoms with van der Waals surface area (Å²) in [5.74, 6) is 0.809. The molecule has 7 heteroatoms. The fraction of sp³-hybridized carbons (Fsp3) is 0.714. The van der Waals surface area contributed by atoms with Gasteiger partial charge in [-0.05, 0) is 39.5 Å². The molecule has 0 unspecified atom stereocenters. The highest BCUT2D eigenvalue weighted by Gasteiger charge is 2.28. The first-order valence-electron chi connectivity index (χ1n) is 7.11. The molecule has 0 bridgehead atoms. The Morgan fingerprint density at radius 2 is 2.33 bits per heavy atom. The Hall–Kier alpha value is -0.950. The third-order valence-electron chi connectivity index (χ3n) is 3.16. The minimum Gasteiger partial charge on any atom is -0.444 e. The van der Waals surface area contributed by atoms with Gasteiger partial charge in [0.2, 0.25) is 0 Å². The van der Waals surface area contributed by atoms with Gasteiger partial charge in [-0.15, -0.1) is 11.3 Å². The summed E-state index contributed by atoms with van der Waals surface area (Å²) >= 11 is 1.42. The fourth-order valence-electron chi connectivity index (χ4n) is 2.30. The number of piperidine rings is 1. The quantitative estimate of drug-likeness (QED) is 0.855. The van der Waals surface area contributed by atoms with Crippen molar-refractivity contribution in [2.75, 3.05) is 18.8 Å². The van der Waals surface area contributed by atoms with Gasteiger partial charge >= 0.3 is 6.09 Å². The van der Waals surface area contributed by atoms with E-state index in [-0.39, 0.29) is 12.0 Å². The molecule has 0 aliphatic carbocycles. The van der Waals surface area contributed by atoms with E-state index in [0.717, 1.165) is 19.4 Å². The first-order valence-corrected chi connectivity index (χ1v) is 9.31. The molecule has 0 spiro atoms. The smallest absolute Gasteiger partial charge is 0.410 e. The van der Waals surface area contributed by atoms with Gasteiger partial charge in [0.25, 0.3) is 0 Å². The van der Waals surface area contributed by atoms with Gasteiger partial charge in [0, 0.05) is 30.4 Å². The number of hydrogen-bond donors (Lipinski definition) is 0. The maximum atomic E-state index is 12.2. The monoisotopic (exact) mass is 330 g/mol. The number of ether oxygens (including phenoxy) is 1. The minimum atomic E-state index is -1.07. The Morgan fingerprint density at radius 3 is 2.95 bits per heavy atom. The summed E-state index contributed by atoms with van der Waals surface area (Å²) in [5.41, 5.74) is -0.478. The van der Waals surface area contributed by atoms with Crippen LogP contribution in [0.5, 0.6) is 0 Å². The lowest BCUT2D eigenvalue weighted by Crippen LogP contribution is -2.43. The van der Waals surface area contributed by atoms with Crippen molar-refractivity contribution in [1.82, 2.24) is 9.88 Å². The Morgan fingerprint density at radius 1 is 1.57 bits per heavy atom. The van der Waals surface area contributed by atoms with E-state index in [0.29, 0.717) is 16.6 Å². The van der Waals surface area contributed by atoms with Crippen molar-refractivity contribution in [3.63, 3.8) is 0 Å². The predicted octanol–water partition coefficient (Wildman–Crippen LogP) is 2.90. The highest BCUT2D eigenvalue weighted by Crippen LogP contribution is 2.22. The van der Waals surface area contributed by atoms with E-state index in [1.165, 1.54) is 11.3 Å². The largest absolute Gasteiger partial charge is 0.444 e. The average Bonchev–Trinajstić information content (AvgIpc) is 2.91. The number of carbonyl (C=O) groups is 1. The standard InChI is InChI=1S/C14H22N2O3S2/c1-14(2,3)19-13(17)16-7-4-5-11(9-16)10-21(18)12-15-6-8-20-12/h6,8,11H,4-5,7,9-10H2,1-3H3/t11-,21-/m1/s1. The van der Waals surface area contributed by atoms with E-state index in [9.17, 15) is 9.00 Å². The molecule has 5 nitrogen and oxygen atoms in total. The molecule has 0 aromatic carbocycles. The topological polar surface area (TPSA) is 59.5 Å². The SMILES string of the molecule is CC(C)(C)OC(=O)N1CCC[C@@H](C[S@@](=O)c2nccs2)C1. The Balaban J connectivity index is 1.89. The van der Waals surface area contributed by atoms with Crippen molar-refractivity contribution in [2.24, 2.45) is 5.92 Å². The first kappa shape index (κ1) is 16.4. The lowest BCUT2D eigenvalue weighted by Gasteiger charge is -2.33. The summed E-state index contributed by atoms with van der Waals surface area (Å²) in [4.78, 5) is 17.9. The molecule has 2 atom stereocenters. The molecule has 21 heavy (non-hydrogen) atoms. The van der Waals surface area contributed by atoms with Crippen LogP contribution < -0.4 is 0 Å². The van der Waals surface area contributed by atoms with Crippen molar-refractivity contribution in [3.05, 3.63) is 11.6 Å². The van der Waals surface area contributed by atoms with Crippen molar-refractivity contribution >= 4 is 28.2 Å². The van der Waals surface area contributed by atoms with E-state index in [4.69, 9.17) is 4.74 Å². The second-order valence-corrected chi connectivity index (χ2v) is 8.81. The van der Waals surface area contributed by atoms with Crippen LogP contribution in [0, 0.1) is 5.92 Å². The van der Waals surface area contributed by atoms with Gasteiger partial charge in [0.15, 0.2) is 4.34 Å². The van der Waals surface area contributed by atoms with Crippen molar-refractivity contribution in [3.8, 4) is 0 Å². The minimum absolute atomic E-state index is 0.246. The van der Waals surface area contributed by atoms with Crippen LogP contribution in [0.15, 0.2) is 15.9 Å². The Labute approximate surface area is 132 Å². The number of amides is 1. The maximum Gasteiger partial charge on any atom is 0.410 e. The van der Waals surface area contributed by atoms with Crippen LogP contribution in [-0.2, 0) is 15.5 Å². The second kappa shape index (κ2) is 6.87. The predicted molar refractivity (Wildman–Crippen MR) is 83.9 cm³/mol. The third kappa shape index (κ3) is 5.07. The number of aromatic nitrogens is 1. The molecule has 1 aromatic rings. The zero-order chi connectivity index (χ0) is 15.5. The van der Waals surface area contributed by atoms with Gasteiger partial charge < -0.3 is 9.64 Å². The van der Waals surface area contributed by atoms with Gasteiger partial charge in [-0.25, -0.2) is 9.78 Å². The molecule has 1 aromatic heterocycles. The van der Waals surface area contributed by atoms with Crippen LogP contribution in [-0.4, -0.2) is 44.6 Å². The molecule has 1 aliphatic rings. The molecule has 2 heterocycles.